The Hall–Kier alpha value is -0.910. The lowest BCUT2D eigenvalue weighted by atomic mass is 10.1. The molecule has 0 heterocycles. The summed E-state index contributed by atoms with van der Waals surface area (Å²) < 4.78 is 27.4. The van der Waals surface area contributed by atoms with Crippen LogP contribution in [0.2, 0.25) is 0 Å². The van der Waals surface area contributed by atoms with Gasteiger partial charge in [-0.25, -0.2) is 13.1 Å². The van der Waals surface area contributed by atoms with Gasteiger partial charge in [0.05, 0.1) is 11.5 Å². The second-order valence-corrected chi connectivity index (χ2v) is 6.52. The molecule has 5 heteroatoms. The van der Waals surface area contributed by atoms with Gasteiger partial charge in [-0.1, -0.05) is 19.9 Å². The molecule has 0 bridgehead atoms. The van der Waals surface area contributed by atoms with Crippen LogP contribution in [-0.4, -0.2) is 19.6 Å². The van der Waals surface area contributed by atoms with E-state index in [1.54, 1.807) is 19.1 Å². The Kier molecular flexibility index (Phi) is 5.52. The molecule has 0 aromatic heterocycles. The van der Waals surface area contributed by atoms with Crippen LogP contribution in [0.3, 0.4) is 0 Å². The molecule has 0 aliphatic heterocycles. The van der Waals surface area contributed by atoms with Gasteiger partial charge in [-0.05, 0) is 49.4 Å². The highest BCUT2D eigenvalue weighted by atomic mass is 32.2. The topological polar surface area (TPSA) is 66.4 Å². The molecule has 0 aliphatic carbocycles. The van der Waals surface area contributed by atoms with Gasteiger partial charge in [0.2, 0.25) is 10.0 Å². The molecule has 0 fully saturated rings. The summed E-state index contributed by atoms with van der Waals surface area (Å²) in [6.45, 7) is 7.40. The van der Waals surface area contributed by atoms with Crippen LogP contribution in [0.15, 0.2) is 17.0 Å². The van der Waals surface area contributed by atoms with E-state index in [1.807, 2.05) is 20.8 Å². The Morgan fingerprint density at radius 2 is 1.74 bits per heavy atom. The van der Waals surface area contributed by atoms with Crippen molar-refractivity contribution in [1.29, 1.82) is 0 Å². The predicted molar refractivity (Wildman–Crippen MR) is 76.5 cm³/mol. The summed E-state index contributed by atoms with van der Waals surface area (Å²) in [5, 5.41) is 9.26. The Bertz CT molecular complexity index is 534. The fourth-order valence-electron chi connectivity index (χ4n) is 2.07. The van der Waals surface area contributed by atoms with Crippen LogP contribution in [0.5, 0.6) is 0 Å². The van der Waals surface area contributed by atoms with Gasteiger partial charge in [-0.2, -0.15) is 0 Å². The van der Waals surface area contributed by atoms with E-state index in [0.29, 0.717) is 11.1 Å². The van der Waals surface area contributed by atoms with Gasteiger partial charge in [0.15, 0.2) is 0 Å². The van der Waals surface area contributed by atoms with Crippen molar-refractivity contribution in [2.24, 2.45) is 0 Å². The SMILES string of the molecule is CCC(CC)NS(=O)(=O)c1cc(CO)c(C)cc1C. The number of benzene rings is 1. The zero-order valence-corrected chi connectivity index (χ0v) is 12.8. The van der Waals surface area contributed by atoms with Gasteiger partial charge in [0.1, 0.15) is 0 Å². The molecule has 108 valence electrons. The zero-order valence-electron chi connectivity index (χ0n) is 12.0. The minimum absolute atomic E-state index is 0.0525. The Morgan fingerprint density at radius 1 is 1.16 bits per heavy atom. The van der Waals surface area contributed by atoms with E-state index in [2.05, 4.69) is 4.72 Å². The smallest absolute Gasteiger partial charge is 0.241 e. The molecule has 0 radical (unpaired) electrons. The van der Waals surface area contributed by atoms with E-state index in [1.165, 1.54) is 0 Å². The van der Waals surface area contributed by atoms with Gasteiger partial charge in [-0.15, -0.1) is 0 Å². The first-order valence-electron chi connectivity index (χ1n) is 6.59. The number of rotatable bonds is 6. The number of sulfonamides is 1. The number of aliphatic hydroxyl groups excluding tert-OH is 1. The quantitative estimate of drug-likeness (QED) is 0.842. The van der Waals surface area contributed by atoms with Gasteiger partial charge >= 0.3 is 0 Å². The van der Waals surface area contributed by atoms with Crippen molar-refractivity contribution in [2.75, 3.05) is 0 Å². The second kappa shape index (κ2) is 6.50. The van der Waals surface area contributed by atoms with Crippen molar-refractivity contribution in [3.05, 3.63) is 28.8 Å². The molecule has 0 spiro atoms. The van der Waals surface area contributed by atoms with Crippen LogP contribution >= 0.6 is 0 Å². The maximum absolute atomic E-state index is 12.4. The van der Waals surface area contributed by atoms with Crippen LogP contribution in [0.1, 0.15) is 43.4 Å². The standard InChI is InChI=1S/C14H23NO3S/c1-5-13(6-2)15-19(17,18)14-8-12(9-16)10(3)7-11(14)4/h7-8,13,15-16H,5-6,9H2,1-4H3. The molecule has 0 atom stereocenters. The van der Waals surface area contributed by atoms with Crippen molar-refractivity contribution >= 4 is 10.0 Å². The van der Waals surface area contributed by atoms with Gasteiger partial charge in [0, 0.05) is 6.04 Å². The predicted octanol–water partition coefficient (Wildman–Crippen LogP) is 2.26. The molecule has 1 aromatic carbocycles. The van der Waals surface area contributed by atoms with Gasteiger partial charge in [0.25, 0.3) is 0 Å². The fourth-order valence-corrected chi connectivity index (χ4v) is 3.75. The lowest BCUT2D eigenvalue weighted by Crippen LogP contribution is -2.34. The van der Waals surface area contributed by atoms with Gasteiger partial charge in [-0.3, -0.25) is 0 Å². The molecule has 0 saturated heterocycles. The highest BCUT2D eigenvalue weighted by molar-refractivity contribution is 7.89. The second-order valence-electron chi connectivity index (χ2n) is 4.84. The molecule has 0 saturated carbocycles. The van der Waals surface area contributed by atoms with E-state index in [-0.39, 0.29) is 17.5 Å². The Labute approximate surface area is 115 Å². The highest BCUT2D eigenvalue weighted by Crippen LogP contribution is 2.21. The number of hydrogen-bond donors (Lipinski definition) is 2. The molecule has 19 heavy (non-hydrogen) atoms. The third-order valence-corrected chi connectivity index (χ3v) is 5.06. The molecule has 0 amide bonds. The first-order chi connectivity index (χ1) is 8.85. The molecule has 0 aliphatic rings. The third-order valence-electron chi connectivity index (χ3n) is 3.40. The lowest BCUT2D eigenvalue weighted by molar-refractivity contribution is 0.280. The fraction of sp³-hybridized carbons (Fsp3) is 0.571. The maximum atomic E-state index is 12.4. The molecule has 2 N–H and O–H groups in total. The maximum Gasteiger partial charge on any atom is 0.241 e. The van der Waals surface area contributed by atoms with E-state index in [0.717, 1.165) is 18.4 Å². The Morgan fingerprint density at radius 3 is 2.21 bits per heavy atom. The molecule has 1 aromatic rings. The van der Waals surface area contributed by atoms with Crippen molar-refractivity contribution in [1.82, 2.24) is 4.72 Å². The monoisotopic (exact) mass is 285 g/mol. The van der Waals surface area contributed by atoms with Crippen LogP contribution in [0.25, 0.3) is 0 Å². The van der Waals surface area contributed by atoms with Crippen LogP contribution in [0.4, 0.5) is 0 Å². The molecular formula is C14H23NO3S. The summed E-state index contributed by atoms with van der Waals surface area (Å²) >= 11 is 0. The minimum Gasteiger partial charge on any atom is -0.392 e. The van der Waals surface area contributed by atoms with Crippen LogP contribution < -0.4 is 4.72 Å². The zero-order chi connectivity index (χ0) is 14.6. The first-order valence-corrected chi connectivity index (χ1v) is 8.07. The first kappa shape index (κ1) is 16.1. The summed E-state index contributed by atoms with van der Waals surface area (Å²) in [5.74, 6) is 0. The van der Waals surface area contributed by atoms with Crippen molar-refractivity contribution < 1.29 is 13.5 Å². The lowest BCUT2D eigenvalue weighted by Gasteiger charge is -2.17. The van der Waals surface area contributed by atoms with Crippen molar-refractivity contribution in [2.45, 2.75) is 58.1 Å². The largest absolute Gasteiger partial charge is 0.392 e. The molecular weight excluding hydrogens is 262 g/mol. The number of aliphatic hydroxyl groups is 1. The average Bonchev–Trinajstić information content (AvgIpc) is 2.35. The summed E-state index contributed by atoms with van der Waals surface area (Å²) in [7, 11) is -3.52. The van der Waals surface area contributed by atoms with Crippen molar-refractivity contribution in [3.63, 3.8) is 0 Å². The third kappa shape index (κ3) is 3.78. The van der Waals surface area contributed by atoms with Gasteiger partial charge < -0.3 is 5.11 Å². The number of nitrogens with one attached hydrogen (secondary N) is 1. The van der Waals surface area contributed by atoms with E-state index in [4.69, 9.17) is 0 Å². The normalized spacial score (nSPS) is 12.1. The van der Waals surface area contributed by atoms with Crippen LogP contribution in [-0.2, 0) is 16.6 Å². The minimum atomic E-state index is -3.52. The average molecular weight is 285 g/mol. The number of aryl methyl sites for hydroxylation is 2. The number of hydrogen-bond acceptors (Lipinski definition) is 3. The molecule has 4 nitrogen and oxygen atoms in total. The summed E-state index contributed by atoms with van der Waals surface area (Å²) in [6.07, 6.45) is 1.51. The van der Waals surface area contributed by atoms with Crippen LogP contribution in [0, 0.1) is 13.8 Å². The molecule has 0 unspecified atom stereocenters. The Balaban J connectivity index is 3.21. The summed E-state index contributed by atoms with van der Waals surface area (Å²) in [4.78, 5) is 0.258. The van der Waals surface area contributed by atoms with E-state index >= 15 is 0 Å². The summed E-state index contributed by atoms with van der Waals surface area (Å²) in [6, 6.07) is 3.31. The summed E-state index contributed by atoms with van der Waals surface area (Å²) in [5.41, 5.74) is 2.25. The van der Waals surface area contributed by atoms with E-state index in [9.17, 15) is 13.5 Å². The van der Waals surface area contributed by atoms with E-state index < -0.39 is 10.0 Å². The highest BCUT2D eigenvalue weighted by Gasteiger charge is 2.21. The van der Waals surface area contributed by atoms with Crippen molar-refractivity contribution in [3.8, 4) is 0 Å². The molecule has 1 rings (SSSR count).